The van der Waals surface area contributed by atoms with Crippen LogP contribution in [0.25, 0.3) is 0 Å². The van der Waals surface area contributed by atoms with E-state index in [4.69, 9.17) is 11.6 Å². The molecular formula is C11H15ClFN. The Labute approximate surface area is 89.3 Å². The van der Waals surface area contributed by atoms with Crippen LogP contribution in [-0.2, 0) is 0 Å². The Kier molecular flexibility index (Phi) is 3.38. The summed E-state index contributed by atoms with van der Waals surface area (Å²) in [5, 5.41) is 3.70. The number of benzene rings is 1. The molecule has 0 heterocycles. The van der Waals surface area contributed by atoms with Gasteiger partial charge in [0, 0.05) is 17.3 Å². The molecule has 0 aliphatic heterocycles. The summed E-state index contributed by atoms with van der Waals surface area (Å²) in [6.07, 6.45) is 0. The Morgan fingerprint density at radius 3 is 2.64 bits per heavy atom. The van der Waals surface area contributed by atoms with Gasteiger partial charge in [-0.05, 0) is 38.5 Å². The molecule has 1 aromatic rings. The maximum absolute atomic E-state index is 13.2. The maximum Gasteiger partial charge on any atom is 0.122 e. The summed E-state index contributed by atoms with van der Waals surface area (Å²) in [5.41, 5.74) is 0.747. The van der Waals surface area contributed by atoms with Crippen molar-refractivity contribution in [2.45, 2.75) is 26.4 Å². The average Bonchev–Trinajstić information content (AvgIpc) is 2.05. The zero-order chi connectivity index (χ0) is 10.8. The highest BCUT2D eigenvalue weighted by molar-refractivity contribution is 6.30. The lowest BCUT2D eigenvalue weighted by atomic mass is 10.1. The van der Waals surface area contributed by atoms with Crippen molar-refractivity contribution < 1.29 is 4.39 Å². The summed E-state index contributed by atoms with van der Waals surface area (Å²) >= 11 is 5.83. The maximum atomic E-state index is 13.2. The highest BCUT2D eigenvalue weighted by atomic mass is 35.5. The van der Waals surface area contributed by atoms with Crippen molar-refractivity contribution in [1.29, 1.82) is 0 Å². The van der Waals surface area contributed by atoms with Gasteiger partial charge in [-0.2, -0.15) is 0 Å². The first-order valence-electron chi connectivity index (χ1n) is 4.57. The van der Waals surface area contributed by atoms with Crippen LogP contribution in [0, 0.1) is 6.92 Å². The van der Waals surface area contributed by atoms with Gasteiger partial charge < -0.3 is 5.32 Å². The van der Waals surface area contributed by atoms with Gasteiger partial charge in [-0.1, -0.05) is 17.7 Å². The summed E-state index contributed by atoms with van der Waals surface area (Å²) in [7, 11) is 0. The second kappa shape index (κ2) is 4.18. The molecule has 1 N–H and O–H groups in total. The Bertz CT molecular complexity index is 318. The first-order chi connectivity index (χ1) is 6.38. The fraction of sp³-hybridized carbons (Fsp3) is 0.455. The molecule has 0 aliphatic carbocycles. The van der Waals surface area contributed by atoms with E-state index in [1.54, 1.807) is 13.8 Å². The van der Waals surface area contributed by atoms with Crippen molar-refractivity contribution in [3.05, 3.63) is 28.8 Å². The quantitative estimate of drug-likeness (QED) is 0.809. The van der Waals surface area contributed by atoms with Crippen molar-refractivity contribution in [2.24, 2.45) is 0 Å². The second-order valence-electron chi connectivity index (χ2n) is 4.03. The predicted octanol–water partition coefficient (Wildman–Crippen LogP) is 3.81. The summed E-state index contributed by atoms with van der Waals surface area (Å²) in [6, 6.07) is 5.54. The fourth-order valence-electron chi connectivity index (χ4n) is 1.09. The summed E-state index contributed by atoms with van der Waals surface area (Å²) < 4.78 is 13.2. The van der Waals surface area contributed by atoms with Gasteiger partial charge in [0.25, 0.3) is 0 Å². The molecule has 0 fully saturated rings. The molecule has 14 heavy (non-hydrogen) atoms. The molecule has 0 bridgehead atoms. The molecule has 0 unspecified atom stereocenters. The molecule has 1 rings (SSSR count). The molecule has 0 saturated carbocycles. The van der Waals surface area contributed by atoms with Crippen LogP contribution < -0.4 is 5.32 Å². The number of alkyl halides is 1. The van der Waals surface area contributed by atoms with Gasteiger partial charge in [0.2, 0.25) is 0 Å². The standard InChI is InChI=1S/C11H15ClFN/c1-8-4-5-9(12)6-10(8)14-7-11(2,3)13/h4-6,14H,7H2,1-3H3. The number of hydrogen-bond acceptors (Lipinski definition) is 1. The fourth-order valence-corrected chi connectivity index (χ4v) is 1.26. The van der Waals surface area contributed by atoms with E-state index < -0.39 is 5.67 Å². The Balaban J connectivity index is 2.72. The van der Waals surface area contributed by atoms with Gasteiger partial charge in [-0.3, -0.25) is 0 Å². The van der Waals surface area contributed by atoms with Gasteiger partial charge >= 0.3 is 0 Å². The first-order valence-corrected chi connectivity index (χ1v) is 4.95. The summed E-state index contributed by atoms with van der Waals surface area (Å²) in [6.45, 7) is 5.33. The van der Waals surface area contributed by atoms with E-state index in [0.717, 1.165) is 11.3 Å². The lowest BCUT2D eigenvalue weighted by molar-refractivity contribution is 0.235. The van der Waals surface area contributed by atoms with Crippen LogP contribution in [0.4, 0.5) is 10.1 Å². The lowest BCUT2D eigenvalue weighted by Gasteiger charge is -2.17. The number of rotatable bonds is 3. The van der Waals surface area contributed by atoms with E-state index in [-0.39, 0.29) is 6.54 Å². The van der Waals surface area contributed by atoms with Gasteiger partial charge in [-0.15, -0.1) is 0 Å². The van der Waals surface area contributed by atoms with Gasteiger partial charge in [-0.25, -0.2) is 4.39 Å². The smallest absolute Gasteiger partial charge is 0.122 e. The Morgan fingerprint density at radius 1 is 1.43 bits per heavy atom. The van der Waals surface area contributed by atoms with Crippen molar-refractivity contribution in [3.8, 4) is 0 Å². The second-order valence-corrected chi connectivity index (χ2v) is 4.47. The third-order valence-corrected chi connectivity index (χ3v) is 2.13. The molecule has 0 radical (unpaired) electrons. The van der Waals surface area contributed by atoms with E-state index in [1.165, 1.54) is 0 Å². The topological polar surface area (TPSA) is 12.0 Å². The minimum absolute atomic E-state index is 0.286. The van der Waals surface area contributed by atoms with Gasteiger partial charge in [0.1, 0.15) is 5.67 Å². The molecule has 0 saturated heterocycles. The van der Waals surface area contributed by atoms with Crippen molar-refractivity contribution in [1.82, 2.24) is 0 Å². The number of aryl methyl sites for hydroxylation is 1. The molecule has 0 spiro atoms. The van der Waals surface area contributed by atoms with E-state index in [2.05, 4.69) is 5.32 Å². The van der Waals surface area contributed by atoms with Crippen LogP contribution in [0.15, 0.2) is 18.2 Å². The van der Waals surface area contributed by atoms with Crippen molar-refractivity contribution in [3.63, 3.8) is 0 Å². The minimum atomic E-state index is -1.21. The third kappa shape index (κ3) is 3.54. The van der Waals surface area contributed by atoms with Gasteiger partial charge in [0.15, 0.2) is 0 Å². The Morgan fingerprint density at radius 2 is 2.07 bits per heavy atom. The minimum Gasteiger partial charge on any atom is -0.382 e. The normalized spacial score (nSPS) is 11.5. The zero-order valence-corrected chi connectivity index (χ0v) is 9.45. The SMILES string of the molecule is Cc1ccc(Cl)cc1NCC(C)(C)F. The van der Waals surface area contributed by atoms with Gasteiger partial charge in [0.05, 0.1) is 0 Å². The molecular weight excluding hydrogens is 201 g/mol. The van der Waals surface area contributed by atoms with E-state index >= 15 is 0 Å². The molecule has 0 amide bonds. The van der Waals surface area contributed by atoms with Crippen molar-refractivity contribution >= 4 is 17.3 Å². The van der Waals surface area contributed by atoms with Crippen LogP contribution in [-0.4, -0.2) is 12.2 Å². The molecule has 0 aliphatic rings. The van der Waals surface area contributed by atoms with E-state index in [1.807, 2.05) is 25.1 Å². The molecule has 0 aromatic heterocycles. The van der Waals surface area contributed by atoms with Crippen LogP contribution >= 0.6 is 11.6 Å². The highest BCUT2D eigenvalue weighted by Gasteiger charge is 2.14. The number of nitrogens with one attached hydrogen (secondary N) is 1. The molecule has 78 valence electrons. The first kappa shape index (κ1) is 11.3. The number of anilines is 1. The lowest BCUT2D eigenvalue weighted by Crippen LogP contribution is -2.24. The number of hydrogen-bond donors (Lipinski definition) is 1. The number of halogens is 2. The van der Waals surface area contributed by atoms with E-state index in [9.17, 15) is 4.39 Å². The summed E-state index contributed by atoms with van der Waals surface area (Å²) in [5.74, 6) is 0. The highest BCUT2D eigenvalue weighted by Crippen LogP contribution is 2.21. The van der Waals surface area contributed by atoms with Crippen LogP contribution in [0.5, 0.6) is 0 Å². The molecule has 0 atom stereocenters. The average molecular weight is 216 g/mol. The Hall–Kier alpha value is -0.760. The van der Waals surface area contributed by atoms with Crippen LogP contribution in [0.2, 0.25) is 5.02 Å². The zero-order valence-electron chi connectivity index (χ0n) is 8.70. The van der Waals surface area contributed by atoms with Crippen LogP contribution in [0.1, 0.15) is 19.4 Å². The predicted molar refractivity (Wildman–Crippen MR) is 59.9 cm³/mol. The van der Waals surface area contributed by atoms with E-state index in [0.29, 0.717) is 5.02 Å². The largest absolute Gasteiger partial charge is 0.382 e. The molecule has 3 heteroatoms. The van der Waals surface area contributed by atoms with Crippen molar-refractivity contribution in [2.75, 3.05) is 11.9 Å². The molecule has 1 nitrogen and oxygen atoms in total. The third-order valence-electron chi connectivity index (χ3n) is 1.90. The summed E-state index contributed by atoms with van der Waals surface area (Å²) in [4.78, 5) is 0. The molecule has 1 aromatic carbocycles. The monoisotopic (exact) mass is 215 g/mol. The van der Waals surface area contributed by atoms with Crippen LogP contribution in [0.3, 0.4) is 0 Å².